The second kappa shape index (κ2) is 9.19. The molecule has 1 atom stereocenters. The Kier molecular flexibility index (Phi) is 6.67. The number of piperidine rings is 1. The number of amides is 3. The zero-order valence-corrected chi connectivity index (χ0v) is 16.7. The molecule has 1 aliphatic heterocycles. The third-order valence-corrected chi connectivity index (χ3v) is 5.30. The fraction of sp³-hybridized carbons (Fsp3) is 0.571. The minimum Gasteiger partial charge on any atom is -0.356 e. The minimum atomic E-state index is -0.131. The Morgan fingerprint density at radius 1 is 1.18 bits per heavy atom. The fourth-order valence-electron chi connectivity index (χ4n) is 3.52. The Hall–Kier alpha value is -2.41. The molecule has 1 unspecified atom stereocenters. The molecule has 2 N–H and O–H groups in total. The fourth-order valence-corrected chi connectivity index (χ4v) is 3.52. The number of carbonyl (C=O) groups excluding carboxylic acids is 3. The molecule has 2 fully saturated rings. The molecule has 1 saturated heterocycles. The van der Waals surface area contributed by atoms with Crippen LogP contribution in [-0.2, 0) is 9.59 Å². The van der Waals surface area contributed by atoms with Gasteiger partial charge in [0.2, 0.25) is 11.8 Å². The van der Waals surface area contributed by atoms with Gasteiger partial charge in [-0.25, -0.2) is 0 Å². The monoisotopic (exact) mass is 386 g/mol. The van der Waals surface area contributed by atoms with E-state index in [1.165, 1.54) is 17.7 Å². The number of hydrogen-bond donors (Lipinski definition) is 2. The van der Waals surface area contributed by atoms with Crippen LogP contribution in [0, 0.1) is 11.8 Å². The van der Waals surface area contributed by atoms with E-state index >= 15 is 0 Å². The van der Waals surface area contributed by atoms with E-state index in [1.807, 2.05) is 4.90 Å². The van der Waals surface area contributed by atoms with Crippen molar-refractivity contribution in [2.24, 2.45) is 11.8 Å². The van der Waals surface area contributed by atoms with Gasteiger partial charge < -0.3 is 15.5 Å². The Bertz CT molecular complexity index is 730. The maximum atomic E-state index is 12.4. The van der Waals surface area contributed by atoms with Crippen LogP contribution in [0.5, 0.6) is 0 Å². The Morgan fingerprint density at radius 2 is 1.96 bits per heavy atom. The second-order valence-electron chi connectivity index (χ2n) is 8.09. The number of benzene rings is 1. The molecule has 1 saturated carbocycles. The lowest BCUT2D eigenvalue weighted by Crippen LogP contribution is -2.45. The summed E-state index contributed by atoms with van der Waals surface area (Å²) < 4.78 is 0. The van der Waals surface area contributed by atoms with Gasteiger partial charge in [0, 0.05) is 38.4 Å². The topological polar surface area (TPSA) is 81.8 Å². The zero-order chi connectivity index (χ0) is 20.1. The largest absolute Gasteiger partial charge is 0.356 e. The third kappa shape index (κ3) is 5.79. The SMILES string of the molecule is CN(C)C(=O)c1cccc(NC(=O)CN2CCCC(C(=O)NCC3CC3)C2)c1. The van der Waals surface area contributed by atoms with Crippen molar-refractivity contribution in [1.29, 1.82) is 0 Å². The Labute approximate surface area is 166 Å². The van der Waals surface area contributed by atoms with Crippen molar-refractivity contribution >= 4 is 23.4 Å². The first-order valence-electron chi connectivity index (χ1n) is 10.0. The summed E-state index contributed by atoms with van der Waals surface area (Å²) in [6.45, 7) is 2.47. The molecule has 0 bridgehead atoms. The van der Waals surface area contributed by atoms with Crippen LogP contribution in [0.25, 0.3) is 0 Å². The first-order valence-corrected chi connectivity index (χ1v) is 10.0. The van der Waals surface area contributed by atoms with Crippen molar-refractivity contribution in [2.45, 2.75) is 25.7 Å². The van der Waals surface area contributed by atoms with E-state index in [9.17, 15) is 14.4 Å². The van der Waals surface area contributed by atoms with E-state index in [-0.39, 0.29) is 30.2 Å². The van der Waals surface area contributed by atoms with Gasteiger partial charge in [0.25, 0.3) is 5.91 Å². The Balaban J connectivity index is 1.49. The highest BCUT2D eigenvalue weighted by Crippen LogP contribution is 2.28. The van der Waals surface area contributed by atoms with Crippen LogP contribution in [-0.4, -0.2) is 67.8 Å². The molecule has 1 aromatic rings. The maximum Gasteiger partial charge on any atom is 0.253 e. The normalized spacial score (nSPS) is 19.7. The van der Waals surface area contributed by atoms with Crippen molar-refractivity contribution < 1.29 is 14.4 Å². The summed E-state index contributed by atoms with van der Waals surface area (Å²) in [4.78, 5) is 40.4. The average Bonchev–Trinajstić information content (AvgIpc) is 3.50. The molecule has 3 rings (SSSR count). The van der Waals surface area contributed by atoms with Gasteiger partial charge in [-0.3, -0.25) is 19.3 Å². The van der Waals surface area contributed by atoms with Gasteiger partial charge in [-0.15, -0.1) is 0 Å². The standard InChI is InChI=1S/C21H30N4O3/c1-24(2)21(28)16-5-3-7-18(11-16)23-19(26)14-25-10-4-6-17(13-25)20(27)22-12-15-8-9-15/h3,5,7,11,15,17H,4,6,8-10,12-14H2,1-2H3,(H,22,27)(H,23,26). The summed E-state index contributed by atoms with van der Waals surface area (Å²) in [7, 11) is 3.39. The maximum absolute atomic E-state index is 12.4. The summed E-state index contributed by atoms with van der Waals surface area (Å²) in [5.41, 5.74) is 1.14. The molecule has 0 spiro atoms. The van der Waals surface area contributed by atoms with Crippen LogP contribution in [0.1, 0.15) is 36.0 Å². The first-order chi connectivity index (χ1) is 13.4. The lowest BCUT2D eigenvalue weighted by molar-refractivity contribution is -0.128. The molecule has 1 aromatic carbocycles. The van der Waals surface area contributed by atoms with E-state index in [1.54, 1.807) is 38.4 Å². The summed E-state index contributed by atoms with van der Waals surface area (Å²) in [6, 6.07) is 6.94. The minimum absolute atomic E-state index is 0.0404. The van der Waals surface area contributed by atoms with E-state index in [4.69, 9.17) is 0 Å². The zero-order valence-electron chi connectivity index (χ0n) is 16.7. The van der Waals surface area contributed by atoms with E-state index in [2.05, 4.69) is 10.6 Å². The summed E-state index contributed by atoms with van der Waals surface area (Å²) >= 11 is 0. The summed E-state index contributed by atoms with van der Waals surface area (Å²) in [6.07, 6.45) is 4.24. The van der Waals surface area contributed by atoms with Crippen molar-refractivity contribution in [2.75, 3.05) is 45.6 Å². The predicted molar refractivity (Wildman–Crippen MR) is 108 cm³/mol. The van der Waals surface area contributed by atoms with Crippen molar-refractivity contribution in [1.82, 2.24) is 15.1 Å². The molecule has 7 nitrogen and oxygen atoms in total. The van der Waals surface area contributed by atoms with E-state index < -0.39 is 0 Å². The number of carbonyl (C=O) groups is 3. The van der Waals surface area contributed by atoms with Gasteiger partial charge in [0.1, 0.15) is 0 Å². The number of likely N-dealkylation sites (tertiary alicyclic amines) is 1. The molecule has 28 heavy (non-hydrogen) atoms. The summed E-state index contributed by atoms with van der Waals surface area (Å²) in [5.74, 6) is 0.512. The molecule has 0 aromatic heterocycles. The van der Waals surface area contributed by atoms with Crippen LogP contribution in [0.4, 0.5) is 5.69 Å². The molecule has 7 heteroatoms. The lowest BCUT2D eigenvalue weighted by Gasteiger charge is -2.31. The van der Waals surface area contributed by atoms with E-state index in [0.717, 1.165) is 25.9 Å². The van der Waals surface area contributed by atoms with Crippen LogP contribution in [0.2, 0.25) is 0 Å². The van der Waals surface area contributed by atoms with Crippen molar-refractivity contribution in [3.8, 4) is 0 Å². The second-order valence-corrected chi connectivity index (χ2v) is 8.09. The highest BCUT2D eigenvalue weighted by molar-refractivity contribution is 5.97. The van der Waals surface area contributed by atoms with Gasteiger partial charge in [-0.1, -0.05) is 6.07 Å². The number of nitrogens with one attached hydrogen (secondary N) is 2. The third-order valence-electron chi connectivity index (χ3n) is 5.30. The quantitative estimate of drug-likeness (QED) is 0.745. The molecule has 2 aliphatic rings. The Morgan fingerprint density at radius 3 is 2.68 bits per heavy atom. The molecule has 152 valence electrons. The number of anilines is 1. The van der Waals surface area contributed by atoms with Crippen LogP contribution < -0.4 is 10.6 Å². The van der Waals surface area contributed by atoms with Gasteiger partial charge in [-0.05, 0) is 56.3 Å². The van der Waals surface area contributed by atoms with Gasteiger partial charge in [0.15, 0.2) is 0 Å². The molecular weight excluding hydrogens is 356 g/mol. The smallest absolute Gasteiger partial charge is 0.253 e. The molecule has 3 amide bonds. The average molecular weight is 386 g/mol. The number of nitrogens with zero attached hydrogens (tertiary/aromatic N) is 2. The van der Waals surface area contributed by atoms with E-state index in [0.29, 0.717) is 23.7 Å². The highest BCUT2D eigenvalue weighted by atomic mass is 16.2. The number of rotatable bonds is 7. The van der Waals surface area contributed by atoms with Crippen molar-refractivity contribution in [3.05, 3.63) is 29.8 Å². The van der Waals surface area contributed by atoms with Gasteiger partial charge in [-0.2, -0.15) is 0 Å². The molecule has 1 aliphatic carbocycles. The van der Waals surface area contributed by atoms with Crippen molar-refractivity contribution in [3.63, 3.8) is 0 Å². The van der Waals surface area contributed by atoms with Gasteiger partial charge in [0.05, 0.1) is 12.5 Å². The van der Waals surface area contributed by atoms with Gasteiger partial charge >= 0.3 is 0 Å². The van der Waals surface area contributed by atoms with Crippen LogP contribution in [0.3, 0.4) is 0 Å². The van der Waals surface area contributed by atoms with Crippen LogP contribution >= 0.6 is 0 Å². The molecular formula is C21H30N4O3. The molecule has 1 heterocycles. The lowest BCUT2D eigenvalue weighted by atomic mass is 9.97. The molecule has 0 radical (unpaired) electrons. The van der Waals surface area contributed by atoms with Crippen LogP contribution in [0.15, 0.2) is 24.3 Å². The highest BCUT2D eigenvalue weighted by Gasteiger charge is 2.28. The first kappa shape index (κ1) is 20.3. The predicted octanol–water partition coefficient (Wildman–Crippen LogP) is 1.57. The number of hydrogen-bond acceptors (Lipinski definition) is 4. The summed E-state index contributed by atoms with van der Waals surface area (Å²) in [5, 5.41) is 5.92.